The van der Waals surface area contributed by atoms with Crippen LogP contribution in [0.1, 0.15) is 32.7 Å². The van der Waals surface area contributed by atoms with E-state index in [4.69, 9.17) is 4.74 Å². The van der Waals surface area contributed by atoms with Crippen LogP contribution in [0, 0.1) is 6.92 Å². The van der Waals surface area contributed by atoms with E-state index in [2.05, 4.69) is 10.1 Å². The van der Waals surface area contributed by atoms with Crippen molar-refractivity contribution in [3.63, 3.8) is 0 Å². The van der Waals surface area contributed by atoms with Crippen molar-refractivity contribution in [2.75, 3.05) is 26.3 Å². The molecule has 31 heavy (non-hydrogen) atoms. The van der Waals surface area contributed by atoms with Gasteiger partial charge in [0, 0.05) is 24.3 Å². The molecule has 3 aromatic rings. The van der Waals surface area contributed by atoms with Crippen LogP contribution in [0.2, 0.25) is 0 Å². The van der Waals surface area contributed by atoms with Crippen LogP contribution in [0.4, 0.5) is 13.2 Å². The van der Waals surface area contributed by atoms with E-state index in [-0.39, 0.29) is 17.4 Å². The molecule has 0 unspecified atom stereocenters. The first kappa shape index (κ1) is 21.1. The Labute approximate surface area is 176 Å². The predicted octanol–water partition coefficient (Wildman–Crippen LogP) is 3.02. The van der Waals surface area contributed by atoms with Crippen molar-refractivity contribution in [1.29, 1.82) is 0 Å². The highest BCUT2D eigenvalue weighted by Crippen LogP contribution is 2.30. The summed E-state index contributed by atoms with van der Waals surface area (Å²) in [6, 6.07) is 4.93. The molecule has 1 saturated heterocycles. The first-order chi connectivity index (χ1) is 14.8. The Bertz CT molecular complexity index is 1100. The van der Waals surface area contributed by atoms with Gasteiger partial charge in [-0.1, -0.05) is 12.1 Å². The number of morpholine rings is 1. The third-order valence-electron chi connectivity index (χ3n) is 5.40. The number of alkyl halides is 3. The Kier molecular flexibility index (Phi) is 5.57. The summed E-state index contributed by atoms with van der Waals surface area (Å²) in [5.41, 5.74) is 1.64. The molecule has 0 bridgehead atoms. The summed E-state index contributed by atoms with van der Waals surface area (Å²) >= 11 is 0. The Hall–Kier alpha value is -3.14. The minimum absolute atomic E-state index is 0.129. The Morgan fingerprint density at radius 2 is 1.84 bits per heavy atom. The minimum atomic E-state index is -4.38. The van der Waals surface area contributed by atoms with Gasteiger partial charge in [0.05, 0.1) is 25.0 Å². The maximum Gasteiger partial charge on any atom is 0.416 e. The molecule has 0 aliphatic carbocycles. The lowest BCUT2D eigenvalue weighted by Crippen LogP contribution is -2.40. The quantitative estimate of drug-likeness (QED) is 0.683. The van der Waals surface area contributed by atoms with E-state index >= 15 is 0 Å². The van der Waals surface area contributed by atoms with Crippen LogP contribution in [0.25, 0.3) is 5.65 Å². The smallest absolute Gasteiger partial charge is 0.416 e. The summed E-state index contributed by atoms with van der Waals surface area (Å²) < 4.78 is 44.6. The normalized spacial score (nSPS) is 14.9. The maximum absolute atomic E-state index is 12.8. The zero-order valence-electron chi connectivity index (χ0n) is 16.8. The van der Waals surface area contributed by atoms with E-state index in [0.29, 0.717) is 61.5 Å². The molecule has 0 atom stereocenters. The van der Waals surface area contributed by atoms with E-state index in [0.717, 1.165) is 12.1 Å². The van der Waals surface area contributed by atoms with Gasteiger partial charge in [-0.15, -0.1) is 0 Å². The second kappa shape index (κ2) is 8.18. The molecule has 1 aliphatic heterocycles. The summed E-state index contributed by atoms with van der Waals surface area (Å²) in [5.74, 6) is -0.349. The van der Waals surface area contributed by atoms with E-state index in [1.54, 1.807) is 11.8 Å². The molecular formula is C21H21F3N4O3. The average Bonchev–Trinajstić information content (AvgIpc) is 3.17. The van der Waals surface area contributed by atoms with Crippen molar-refractivity contribution < 1.29 is 27.8 Å². The zero-order chi connectivity index (χ0) is 22.2. The van der Waals surface area contributed by atoms with Gasteiger partial charge in [0.2, 0.25) is 5.88 Å². The molecule has 1 fully saturated rings. The van der Waals surface area contributed by atoms with Gasteiger partial charge < -0.3 is 14.7 Å². The third kappa shape index (κ3) is 4.20. The first-order valence-corrected chi connectivity index (χ1v) is 9.85. The molecule has 7 nitrogen and oxygen atoms in total. The Morgan fingerprint density at radius 3 is 2.48 bits per heavy atom. The molecule has 1 N–H and O–H groups in total. The number of ether oxygens (including phenoxy) is 1. The van der Waals surface area contributed by atoms with Gasteiger partial charge in [-0.25, -0.2) is 4.98 Å². The number of benzene rings is 1. The van der Waals surface area contributed by atoms with Crippen LogP contribution in [0.15, 0.2) is 30.5 Å². The van der Waals surface area contributed by atoms with Crippen molar-refractivity contribution in [3.05, 3.63) is 58.4 Å². The lowest BCUT2D eigenvalue weighted by molar-refractivity contribution is -0.137. The van der Waals surface area contributed by atoms with Gasteiger partial charge in [-0.05, 0) is 37.5 Å². The van der Waals surface area contributed by atoms with Crippen LogP contribution < -0.4 is 0 Å². The fraction of sp³-hybridized carbons (Fsp3) is 0.381. The second-order valence-corrected chi connectivity index (χ2v) is 7.39. The fourth-order valence-electron chi connectivity index (χ4n) is 3.63. The van der Waals surface area contributed by atoms with E-state index in [1.807, 2.05) is 0 Å². The van der Waals surface area contributed by atoms with Crippen LogP contribution in [-0.4, -0.2) is 56.8 Å². The number of nitrogens with zero attached hydrogens (tertiary/aromatic N) is 4. The molecule has 0 saturated carbocycles. The third-order valence-corrected chi connectivity index (χ3v) is 5.40. The van der Waals surface area contributed by atoms with Gasteiger partial charge in [-0.2, -0.15) is 22.8 Å². The van der Waals surface area contributed by atoms with Crippen molar-refractivity contribution in [2.45, 2.75) is 25.9 Å². The summed E-state index contributed by atoms with van der Waals surface area (Å²) in [6.45, 7) is 3.62. The van der Waals surface area contributed by atoms with E-state index in [9.17, 15) is 23.1 Å². The number of fused-ring (bicyclic) bond motifs is 1. The van der Waals surface area contributed by atoms with Crippen molar-refractivity contribution in [1.82, 2.24) is 19.5 Å². The predicted molar refractivity (Wildman–Crippen MR) is 105 cm³/mol. The standard InChI is InChI=1S/C21H21F3N4O3/c1-13-16(7-4-14-2-5-15(6-3-14)21(22,23)24)20(30)28-18(26-13)17(12-25-28)19(29)27-8-10-31-11-9-27/h2-3,5-6,12,30H,4,7-11H2,1H3. The van der Waals surface area contributed by atoms with Gasteiger partial charge in [-0.3, -0.25) is 4.79 Å². The number of aromatic nitrogens is 3. The summed E-state index contributed by atoms with van der Waals surface area (Å²) in [6.07, 6.45) is -2.21. The van der Waals surface area contributed by atoms with Crippen LogP contribution in [-0.2, 0) is 23.8 Å². The topological polar surface area (TPSA) is 80.0 Å². The van der Waals surface area contributed by atoms with Gasteiger partial charge in [0.25, 0.3) is 5.91 Å². The molecule has 164 valence electrons. The van der Waals surface area contributed by atoms with Gasteiger partial charge in [0.15, 0.2) is 5.65 Å². The number of carbonyl (C=O) groups excluding carboxylic acids is 1. The molecule has 1 aliphatic rings. The molecule has 1 amide bonds. The molecular weight excluding hydrogens is 413 g/mol. The van der Waals surface area contributed by atoms with Crippen molar-refractivity contribution in [3.8, 4) is 5.88 Å². The largest absolute Gasteiger partial charge is 0.493 e. The highest BCUT2D eigenvalue weighted by Gasteiger charge is 2.30. The molecule has 4 rings (SSSR count). The van der Waals surface area contributed by atoms with Crippen LogP contribution in [0.3, 0.4) is 0 Å². The average molecular weight is 434 g/mol. The summed E-state index contributed by atoms with van der Waals surface area (Å²) in [4.78, 5) is 19.0. The molecule has 0 radical (unpaired) electrons. The fourth-order valence-corrected chi connectivity index (χ4v) is 3.63. The van der Waals surface area contributed by atoms with E-state index < -0.39 is 11.7 Å². The number of carbonyl (C=O) groups is 1. The van der Waals surface area contributed by atoms with Crippen LogP contribution in [0.5, 0.6) is 5.88 Å². The number of hydrogen-bond donors (Lipinski definition) is 1. The minimum Gasteiger partial charge on any atom is -0.493 e. The molecule has 1 aromatic carbocycles. The van der Waals surface area contributed by atoms with E-state index in [1.165, 1.54) is 22.8 Å². The van der Waals surface area contributed by atoms with Crippen LogP contribution >= 0.6 is 0 Å². The molecule has 10 heteroatoms. The Balaban J connectivity index is 1.56. The number of rotatable bonds is 4. The zero-order valence-corrected chi connectivity index (χ0v) is 16.8. The summed E-state index contributed by atoms with van der Waals surface area (Å²) in [7, 11) is 0. The second-order valence-electron chi connectivity index (χ2n) is 7.39. The molecule has 0 spiro atoms. The number of aromatic hydroxyl groups is 1. The van der Waals surface area contributed by atoms with Crippen molar-refractivity contribution >= 4 is 11.6 Å². The van der Waals surface area contributed by atoms with Crippen molar-refractivity contribution in [2.24, 2.45) is 0 Å². The number of aryl methyl sites for hydroxylation is 2. The Morgan fingerprint density at radius 1 is 1.16 bits per heavy atom. The van der Waals surface area contributed by atoms with Gasteiger partial charge in [0.1, 0.15) is 5.56 Å². The SMILES string of the molecule is Cc1nc2c(C(=O)N3CCOCC3)cnn2c(O)c1CCc1ccc(C(F)(F)F)cc1. The first-order valence-electron chi connectivity index (χ1n) is 9.85. The summed E-state index contributed by atoms with van der Waals surface area (Å²) in [5, 5.41) is 14.9. The highest BCUT2D eigenvalue weighted by atomic mass is 19.4. The molecule has 2 aromatic heterocycles. The highest BCUT2D eigenvalue weighted by molar-refractivity contribution is 5.99. The monoisotopic (exact) mass is 434 g/mol. The molecule has 3 heterocycles. The van der Waals surface area contributed by atoms with Gasteiger partial charge >= 0.3 is 6.18 Å². The number of hydrogen-bond acceptors (Lipinski definition) is 5. The lowest BCUT2D eigenvalue weighted by atomic mass is 10.0. The lowest BCUT2D eigenvalue weighted by Gasteiger charge is -2.26. The number of halogens is 3. The number of amides is 1. The maximum atomic E-state index is 12.8.